The van der Waals surface area contributed by atoms with Gasteiger partial charge >= 0.3 is 0 Å². The van der Waals surface area contributed by atoms with Crippen molar-refractivity contribution in [2.24, 2.45) is 0 Å². The second kappa shape index (κ2) is 2.95. The normalized spacial score (nSPS) is 38.1. The van der Waals surface area contributed by atoms with Gasteiger partial charge in [0.25, 0.3) is 10.1 Å². The summed E-state index contributed by atoms with van der Waals surface area (Å²) in [6.45, 7) is 0. The summed E-state index contributed by atoms with van der Waals surface area (Å²) >= 11 is 0. The Morgan fingerprint density at radius 1 is 1.33 bits per heavy atom. The van der Waals surface area contributed by atoms with Gasteiger partial charge in [-0.2, -0.15) is 8.42 Å². The van der Waals surface area contributed by atoms with E-state index in [0.717, 1.165) is 0 Å². The molecule has 0 aromatic rings. The Labute approximate surface area is 70.8 Å². The van der Waals surface area contributed by atoms with E-state index >= 15 is 0 Å². The average Bonchev–Trinajstić information content (AvgIpc) is 1.93. The van der Waals surface area contributed by atoms with E-state index < -0.39 is 21.2 Å². The molecule has 5 nitrogen and oxygen atoms in total. The first-order valence-electron chi connectivity index (χ1n) is 3.75. The molecule has 1 fully saturated rings. The molecule has 0 radical (unpaired) electrons. The van der Waals surface area contributed by atoms with Gasteiger partial charge in [-0.1, -0.05) is 6.42 Å². The van der Waals surface area contributed by atoms with Crippen LogP contribution in [0.2, 0.25) is 0 Å². The van der Waals surface area contributed by atoms with Crippen LogP contribution >= 0.6 is 0 Å². The highest BCUT2D eigenvalue weighted by Crippen LogP contribution is 2.32. The molecule has 0 aliphatic heterocycles. The summed E-state index contributed by atoms with van der Waals surface area (Å²) in [7, 11) is -4.57. The zero-order valence-electron chi connectivity index (χ0n) is 6.47. The zero-order valence-corrected chi connectivity index (χ0v) is 7.29. The fourth-order valence-corrected chi connectivity index (χ4v) is 2.27. The molecule has 0 spiro atoms. The molecular weight excluding hydrogens is 184 g/mol. The van der Waals surface area contributed by atoms with E-state index in [-0.39, 0.29) is 12.8 Å². The predicted molar refractivity (Wildman–Crippen MR) is 41.0 cm³/mol. The molecule has 0 heterocycles. The molecule has 1 aliphatic carbocycles. The van der Waals surface area contributed by atoms with Crippen LogP contribution in [-0.4, -0.2) is 34.2 Å². The Morgan fingerprint density at radius 2 is 1.92 bits per heavy atom. The van der Waals surface area contributed by atoms with Crippen molar-refractivity contribution in [3.05, 3.63) is 0 Å². The van der Waals surface area contributed by atoms with Gasteiger partial charge in [0.05, 0.1) is 6.10 Å². The van der Waals surface area contributed by atoms with Gasteiger partial charge in [-0.25, -0.2) is 0 Å². The van der Waals surface area contributed by atoms with Gasteiger partial charge in [-0.3, -0.25) is 4.55 Å². The first-order valence-corrected chi connectivity index (χ1v) is 5.19. The van der Waals surface area contributed by atoms with Crippen molar-refractivity contribution in [3.63, 3.8) is 0 Å². The van der Waals surface area contributed by atoms with Crippen LogP contribution in [-0.2, 0) is 10.1 Å². The molecule has 1 aliphatic rings. The zero-order chi connectivity index (χ0) is 9.41. The summed E-state index contributed by atoms with van der Waals surface area (Å²) in [5.41, 5.74) is 0. The van der Waals surface area contributed by atoms with Crippen LogP contribution in [0.4, 0.5) is 0 Å². The minimum Gasteiger partial charge on any atom is -0.389 e. The summed E-state index contributed by atoms with van der Waals surface area (Å²) < 4.78 is 30.0. The largest absolute Gasteiger partial charge is 0.389 e. The van der Waals surface area contributed by atoms with E-state index in [2.05, 4.69) is 0 Å². The highest BCUT2D eigenvalue weighted by molar-refractivity contribution is 7.87. The van der Waals surface area contributed by atoms with Gasteiger partial charge < -0.3 is 10.2 Å². The Bertz CT molecular complexity index is 259. The van der Waals surface area contributed by atoms with E-state index in [9.17, 15) is 18.6 Å². The molecule has 1 saturated carbocycles. The maximum absolute atomic E-state index is 10.7. The summed E-state index contributed by atoms with van der Waals surface area (Å²) in [5, 5.41) is 18.6. The quantitative estimate of drug-likeness (QED) is 0.491. The van der Waals surface area contributed by atoms with Crippen molar-refractivity contribution >= 4 is 10.1 Å². The number of hydrogen-bond donors (Lipinski definition) is 3. The third kappa shape index (κ3) is 1.47. The highest BCUT2D eigenvalue weighted by Gasteiger charge is 2.48. The van der Waals surface area contributed by atoms with Gasteiger partial charge in [0.1, 0.15) is 0 Å². The van der Waals surface area contributed by atoms with Gasteiger partial charge in [0.15, 0.2) is 0 Å². The van der Waals surface area contributed by atoms with Crippen LogP contribution in [0, 0.1) is 0 Å². The van der Waals surface area contributed by atoms with Crippen LogP contribution in [0.3, 0.4) is 0 Å². The van der Waals surface area contributed by atoms with Crippen LogP contribution in [0.1, 0.15) is 25.7 Å². The molecular formula is C6H12O5S. The first-order chi connectivity index (χ1) is 5.38. The molecule has 0 bridgehead atoms. The lowest BCUT2D eigenvalue weighted by Gasteiger charge is -2.33. The Balaban J connectivity index is 2.95. The lowest BCUT2D eigenvalue weighted by atomic mass is 9.94. The Hall–Kier alpha value is -0.170. The molecule has 12 heavy (non-hydrogen) atoms. The molecule has 0 amide bonds. The summed E-state index contributed by atoms with van der Waals surface area (Å²) in [6.07, 6.45) is -0.114. The molecule has 2 atom stereocenters. The van der Waals surface area contributed by atoms with Crippen molar-refractivity contribution in [1.29, 1.82) is 0 Å². The molecule has 0 saturated heterocycles. The first kappa shape index (κ1) is 9.91. The van der Waals surface area contributed by atoms with E-state index in [0.29, 0.717) is 12.8 Å². The summed E-state index contributed by atoms with van der Waals surface area (Å²) in [4.78, 5) is -2.34. The second-order valence-electron chi connectivity index (χ2n) is 3.08. The molecule has 0 aromatic carbocycles. The predicted octanol–water partition coefficient (Wildman–Crippen LogP) is -0.502. The van der Waals surface area contributed by atoms with E-state index in [1.807, 2.05) is 0 Å². The SMILES string of the molecule is O=S(=O)(O)C1(O)CCCCC1O. The Morgan fingerprint density at radius 3 is 2.25 bits per heavy atom. The Kier molecular flexibility index (Phi) is 2.44. The maximum atomic E-state index is 10.7. The number of rotatable bonds is 1. The van der Waals surface area contributed by atoms with Crippen LogP contribution in [0.15, 0.2) is 0 Å². The lowest BCUT2D eigenvalue weighted by Crippen LogP contribution is -2.50. The third-order valence-electron chi connectivity index (χ3n) is 2.23. The van der Waals surface area contributed by atoms with E-state index in [1.165, 1.54) is 0 Å². The summed E-state index contributed by atoms with van der Waals surface area (Å²) in [6, 6.07) is 0. The van der Waals surface area contributed by atoms with Crippen molar-refractivity contribution in [2.75, 3.05) is 0 Å². The fourth-order valence-electron chi connectivity index (χ4n) is 1.41. The van der Waals surface area contributed by atoms with Crippen molar-refractivity contribution < 1.29 is 23.2 Å². The van der Waals surface area contributed by atoms with Crippen molar-refractivity contribution in [3.8, 4) is 0 Å². The lowest BCUT2D eigenvalue weighted by molar-refractivity contribution is -0.0458. The standard InChI is InChI=1S/C6H12O5S/c7-5-3-1-2-4-6(5,8)12(9,10)11/h5,7-8H,1-4H2,(H,9,10,11). The molecule has 1 rings (SSSR count). The van der Waals surface area contributed by atoms with Crippen molar-refractivity contribution in [2.45, 2.75) is 36.7 Å². The number of aliphatic hydroxyl groups is 2. The van der Waals surface area contributed by atoms with Crippen molar-refractivity contribution in [1.82, 2.24) is 0 Å². The van der Waals surface area contributed by atoms with Gasteiger partial charge in [0.2, 0.25) is 4.93 Å². The van der Waals surface area contributed by atoms with E-state index in [4.69, 9.17) is 4.55 Å². The van der Waals surface area contributed by atoms with Gasteiger partial charge in [0, 0.05) is 0 Å². The van der Waals surface area contributed by atoms with Gasteiger partial charge in [-0.15, -0.1) is 0 Å². The molecule has 6 heteroatoms. The molecule has 72 valence electrons. The smallest absolute Gasteiger partial charge is 0.297 e. The monoisotopic (exact) mass is 196 g/mol. The molecule has 3 N–H and O–H groups in total. The van der Waals surface area contributed by atoms with E-state index in [1.54, 1.807) is 0 Å². The fraction of sp³-hybridized carbons (Fsp3) is 1.00. The minimum atomic E-state index is -4.57. The van der Waals surface area contributed by atoms with Crippen LogP contribution in [0.5, 0.6) is 0 Å². The molecule has 2 unspecified atom stereocenters. The number of aliphatic hydroxyl groups excluding tert-OH is 1. The summed E-state index contributed by atoms with van der Waals surface area (Å²) in [5.74, 6) is 0. The second-order valence-corrected chi connectivity index (χ2v) is 4.74. The van der Waals surface area contributed by atoms with Gasteiger partial charge in [-0.05, 0) is 19.3 Å². The minimum absolute atomic E-state index is 0.104. The van der Waals surface area contributed by atoms with Crippen LogP contribution in [0.25, 0.3) is 0 Å². The van der Waals surface area contributed by atoms with Crippen LogP contribution < -0.4 is 0 Å². The third-order valence-corrected chi connectivity index (χ3v) is 3.60. The maximum Gasteiger partial charge on any atom is 0.297 e. The average molecular weight is 196 g/mol. The topological polar surface area (TPSA) is 94.8 Å². The molecule has 0 aromatic heterocycles. The number of hydrogen-bond acceptors (Lipinski definition) is 4. The highest BCUT2D eigenvalue weighted by atomic mass is 32.2.